The van der Waals surface area contributed by atoms with Crippen molar-refractivity contribution in [3.8, 4) is 5.75 Å². The number of ether oxygens (including phenoxy) is 1. The first kappa shape index (κ1) is 20.9. The van der Waals surface area contributed by atoms with Gasteiger partial charge in [0.15, 0.2) is 5.96 Å². The predicted octanol–water partition coefficient (Wildman–Crippen LogP) is 1.37. The number of hydrogen-bond donors (Lipinski definition) is 3. The molecule has 0 saturated heterocycles. The summed E-state index contributed by atoms with van der Waals surface area (Å²) in [5.74, 6) is 1.01. The summed E-state index contributed by atoms with van der Waals surface area (Å²) < 4.78 is 30.1. The molecular weight excluding hydrogens is 419 g/mol. The number of hydrogen-bond acceptors (Lipinski definition) is 4. The summed E-state index contributed by atoms with van der Waals surface area (Å²) in [4.78, 5) is 4.13. The molecule has 0 aliphatic heterocycles. The Balaban J connectivity index is 0.00000441. The minimum Gasteiger partial charge on any atom is -0.495 e. The van der Waals surface area contributed by atoms with Crippen LogP contribution in [0.1, 0.15) is 13.3 Å². The highest BCUT2D eigenvalue weighted by atomic mass is 127. The smallest absolute Gasteiger partial charge is 0.211 e. The lowest BCUT2D eigenvalue weighted by Gasteiger charge is -2.10. The number of nitrogens with two attached hydrogens (primary N) is 1. The molecule has 0 aliphatic carbocycles. The van der Waals surface area contributed by atoms with Crippen molar-refractivity contribution in [2.45, 2.75) is 13.3 Å². The quantitative estimate of drug-likeness (QED) is 0.244. The van der Waals surface area contributed by atoms with Crippen molar-refractivity contribution in [2.24, 2.45) is 10.7 Å². The lowest BCUT2D eigenvalue weighted by molar-refractivity contribution is 0.417. The zero-order valence-electron chi connectivity index (χ0n) is 12.7. The average Bonchev–Trinajstić information content (AvgIpc) is 2.47. The fraction of sp³-hybridized carbons (Fsp3) is 0.462. The Bertz CT molecular complexity index is 578. The van der Waals surface area contributed by atoms with Crippen molar-refractivity contribution < 1.29 is 13.2 Å². The van der Waals surface area contributed by atoms with Gasteiger partial charge in [0.05, 0.1) is 18.6 Å². The van der Waals surface area contributed by atoms with Crippen LogP contribution in [0.4, 0.5) is 5.69 Å². The maximum atomic E-state index is 11.2. The normalized spacial score (nSPS) is 11.6. The summed E-state index contributed by atoms with van der Waals surface area (Å²) >= 11 is 0. The van der Waals surface area contributed by atoms with E-state index in [0.29, 0.717) is 25.3 Å². The molecular formula is C13H23IN4O3S. The molecule has 22 heavy (non-hydrogen) atoms. The maximum Gasteiger partial charge on any atom is 0.211 e. The molecule has 0 saturated carbocycles. The number of aliphatic imine (C=N–C) groups is 1. The number of sulfonamides is 1. The standard InChI is InChI=1S/C13H22N4O3S.HI/c1-3-21(18,19)16-10-6-9-15-13(14)17-11-7-4-5-8-12(11)20-2;/h4-5,7-8,16H,3,6,9-10H2,1-2H3,(H3,14,15,17);1H. The van der Waals surface area contributed by atoms with E-state index < -0.39 is 10.0 Å². The summed E-state index contributed by atoms with van der Waals surface area (Å²) in [5.41, 5.74) is 6.50. The van der Waals surface area contributed by atoms with E-state index in [0.717, 1.165) is 5.69 Å². The van der Waals surface area contributed by atoms with Gasteiger partial charge in [-0.3, -0.25) is 4.99 Å². The Morgan fingerprint density at radius 3 is 2.68 bits per heavy atom. The van der Waals surface area contributed by atoms with Crippen LogP contribution >= 0.6 is 24.0 Å². The largest absolute Gasteiger partial charge is 0.495 e. The Labute approximate surface area is 148 Å². The topological polar surface area (TPSA) is 106 Å². The van der Waals surface area contributed by atoms with E-state index in [1.165, 1.54) is 0 Å². The first-order valence-electron chi connectivity index (χ1n) is 6.66. The second-order valence-electron chi connectivity index (χ2n) is 4.24. The van der Waals surface area contributed by atoms with Gasteiger partial charge in [-0.25, -0.2) is 13.1 Å². The van der Waals surface area contributed by atoms with Crippen molar-refractivity contribution in [2.75, 3.05) is 31.3 Å². The molecule has 7 nitrogen and oxygen atoms in total. The number of guanidine groups is 1. The zero-order chi connectivity index (χ0) is 15.7. The molecule has 0 bridgehead atoms. The minimum absolute atomic E-state index is 0. The van der Waals surface area contributed by atoms with Gasteiger partial charge in [0.2, 0.25) is 10.0 Å². The second-order valence-corrected chi connectivity index (χ2v) is 6.34. The predicted molar refractivity (Wildman–Crippen MR) is 101 cm³/mol. The molecule has 1 aromatic carbocycles. The van der Waals surface area contributed by atoms with E-state index in [4.69, 9.17) is 10.5 Å². The van der Waals surface area contributed by atoms with Crippen LogP contribution < -0.4 is 20.5 Å². The molecule has 0 amide bonds. The van der Waals surface area contributed by atoms with Gasteiger partial charge >= 0.3 is 0 Å². The second kappa shape index (κ2) is 10.6. The molecule has 9 heteroatoms. The first-order valence-corrected chi connectivity index (χ1v) is 8.31. The van der Waals surface area contributed by atoms with Gasteiger partial charge in [0.25, 0.3) is 0 Å². The van der Waals surface area contributed by atoms with Crippen molar-refractivity contribution >= 4 is 45.6 Å². The molecule has 1 rings (SSSR count). The minimum atomic E-state index is -3.14. The van der Waals surface area contributed by atoms with E-state index >= 15 is 0 Å². The molecule has 0 aromatic heterocycles. The number of benzene rings is 1. The van der Waals surface area contributed by atoms with Gasteiger partial charge < -0.3 is 15.8 Å². The fourth-order valence-corrected chi connectivity index (χ4v) is 2.19. The molecule has 0 spiro atoms. The van der Waals surface area contributed by atoms with Crippen molar-refractivity contribution in [1.82, 2.24) is 4.72 Å². The fourth-order valence-electron chi connectivity index (χ4n) is 1.53. The summed E-state index contributed by atoms with van der Waals surface area (Å²) in [5, 5.41) is 2.94. The molecule has 126 valence electrons. The van der Waals surface area contributed by atoms with E-state index in [1.54, 1.807) is 14.0 Å². The number of methoxy groups -OCH3 is 1. The highest BCUT2D eigenvalue weighted by Gasteiger charge is 2.04. The van der Waals surface area contributed by atoms with Crippen LogP contribution in [0.15, 0.2) is 29.3 Å². The SMILES string of the molecule is CCS(=O)(=O)NCCCN=C(N)Nc1ccccc1OC.I. The Kier molecular flexibility index (Phi) is 10.1. The molecule has 0 unspecified atom stereocenters. The average molecular weight is 442 g/mol. The van der Waals surface area contributed by atoms with Gasteiger partial charge in [0.1, 0.15) is 5.75 Å². The van der Waals surface area contributed by atoms with Crippen molar-refractivity contribution in [3.05, 3.63) is 24.3 Å². The molecule has 0 heterocycles. The number of nitrogens with one attached hydrogen (secondary N) is 2. The Morgan fingerprint density at radius 1 is 1.36 bits per heavy atom. The van der Waals surface area contributed by atoms with Gasteiger partial charge in [-0.15, -0.1) is 24.0 Å². The maximum absolute atomic E-state index is 11.2. The lowest BCUT2D eigenvalue weighted by atomic mass is 10.3. The number of halogens is 1. The van der Waals surface area contributed by atoms with Crippen molar-refractivity contribution in [3.63, 3.8) is 0 Å². The summed E-state index contributed by atoms with van der Waals surface area (Å²) in [6.07, 6.45) is 0.577. The third-order valence-corrected chi connectivity index (χ3v) is 4.09. The van der Waals surface area contributed by atoms with Gasteiger partial charge in [-0.1, -0.05) is 12.1 Å². The highest BCUT2D eigenvalue weighted by molar-refractivity contribution is 14.0. The van der Waals surface area contributed by atoms with E-state index in [1.807, 2.05) is 24.3 Å². The van der Waals surface area contributed by atoms with E-state index in [2.05, 4.69) is 15.0 Å². The van der Waals surface area contributed by atoms with Crippen LogP contribution in [0.25, 0.3) is 0 Å². The molecule has 0 radical (unpaired) electrons. The van der Waals surface area contributed by atoms with Crippen LogP contribution in [-0.4, -0.2) is 40.3 Å². The van der Waals surface area contributed by atoms with Crippen LogP contribution in [-0.2, 0) is 10.0 Å². The van der Waals surface area contributed by atoms with Crippen LogP contribution in [0.3, 0.4) is 0 Å². The summed E-state index contributed by atoms with van der Waals surface area (Å²) in [6, 6.07) is 7.36. The van der Waals surface area contributed by atoms with E-state index in [-0.39, 0.29) is 35.7 Å². The Morgan fingerprint density at radius 2 is 2.05 bits per heavy atom. The van der Waals surface area contributed by atoms with Crippen LogP contribution in [0, 0.1) is 0 Å². The summed E-state index contributed by atoms with van der Waals surface area (Å²) in [6.45, 7) is 2.37. The highest BCUT2D eigenvalue weighted by Crippen LogP contribution is 2.22. The number of anilines is 1. The van der Waals surface area contributed by atoms with Crippen LogP contribution in [0.2, 0.25) is 0 Å². The number of para-hydroxylation sites is 2. The Hall–Kier alpha value is -1.07. The van der Waals surface area contributed by atoms with E-state index in [9.17, 15) is 8.42 Å². The third-order valence-electron chi connectivity index (χ3n) is 2.69. The summed E-state index contributed by atoms with van der Waals surface area (Å²) in [7, 11) is -1.56. The van der Waals surface area contributed by atoms with Gasteiger partial charge in [-0.2, -0.15) is 0 Å². The molecule has 4 N–H and O–H groups in total. The van der Waals surface area contributed by atoms with Crippen LogP contribution in [0.5, 0.6) is 5.75 Å². The number of nitrogens with zero attached hydrogens (tertiary/aromatic N) is 1. The molecule has 0 atom stereocenters. The molecule has 1 aromatic rings. The first-order chi connectivity index (χ1) is 9.98. The number of rotatable bonds is 8. The lowest BCUT2D eigenvalue weighted by Crippen LogP contribution is -2.27. The monoisotopic (exact) mass is 442 g/mol. The van der Waals surface area contributed by atoms with Crippen molar-refractivity contribution in [1.29, 1.82) is 0 Å². The van der Waals surface area contributed by atoms with Gasteiger partial charge in [0, 0.05) is 13.1 Å². The van der Waals surface area contributed by atoms with Gasteiger partial charge in [-0.05, 0) is 25.5 Å². The molecule has 0 aliphatic rings. The zero-order valence-corrected chi connectivity index (χ0v) is 15.9. The molecule has 0 fully saturated rings. The third kappa shape index (κ3) is 7.80.